The Kier molecular flexibility index (Phi) is 5.50. The van der Waals surface area contributed by atoms with Crippen molar-refractivity contribution < 1.29 is 14.3 Å². The van der Waals surface area contributed by atoms with Crippen molar-refractivity contribution in [1.29, 1.82) is 5.26 Å². The minimum Gasteiger partial charge on any atom is -0.452 e. The average Bonchev–Trinajstić information content (AvgIpc) is 3.17. The van der Waals surface area contributed by atoms with Crippen molar-refractivity contribution in [2.24, 2.45) is 0 Å². The van der Waals surface area contributed by atoms with Gasteiger partial charge in [-0.3, -0.25) is 4.79 Å². The van der Waals surface area contributed by atoms with Gasteiger partial charge in [0.15, 0.2) is 6.61 Å². The van der Waals surface area contributed by atoms with Gasteiger partial charge in [-0.05, 0) is 30.3 Å². The maximum Gasteiger partial charge on any atom is 0.341 e. The van der Waals surface area contributed by atoms with E-state index < -0.39 is 18.5 Å². The maximum absolute atomic E-state index is 12.1. The quantitative estimate of drug-likeness (QED) is 0.685. The van der Waals surface area contributed by atoms with E-state index in [1.165, 1.54) is 35.3 Å². The Hall–Kier alpha value is -3.63. The van der Waals surface area contributed by atoms with Crippen LogP contribution in [0.2, 0.25) is 5.02 Å². The number of nitrogens with one attached hydrogen (secondary N) is 1. The van der Waals surface area contributed by atoms with Crippen molar-refractivity contribution in [3.8, 4) is 11.8 Å². The van der Waals surface area contributed by atoms with Crippen LogP contribution in [-0.4, -0.2) is 28.3 Å². The Morgan fingerprint density at radius 1 is 1.22 bits per heavy atom. The molecule has 1 N–H and O–H groups in total. The molecule has 3 aromatic rings. The predicted octanol–water partition coefficient (Wildman–Crippen LogP) is 3.19. The molecule has 0 aliphatic carbocycles. The first-order valence-electron chi connectivity index (χ1n) is 7.83. The Balaban J connectivity index is 1.56. The minimum absolute atomic E-state index is 0.223. The van der Waals surface area contributed by atoms with Crippen LogP contribution < -0.4 is 5.32 Å². The third-order valence-electron chi connectivity index (χ3n) is 3.55. The van der Waals surface area contributed by atoms with Gasteiger partial charge in [-0.2, -0.15) is 10.4 Å². The van der Waals surface area contributed by atoms with E-state index in [0.717, 1.165) is 5.69 Å². The largest absolute Gasteiger partial charge is 0.452 e. The Labute approximate surface area is 159 Å². The summed E-state index contributed by atoms with van der Waals surface area (Å²) in [5.74, 6) is -1.19. The molecule has 0 radical (unpaired) electrons. The number of esters is 1. The zero-order chi connectivity index (χ0) is 19.2. The van der Waals surface area contributed by atoms with Gasteiger partial charge in [0.25, 0.3) is 5.91 Å². The number of aromatic nitrogens is 2. The number of hydrogen-bond acceptors (Lipinski definition) is 5. The molecule has 0 fully saturated rings. The molecule has 27 heavy (non-hydrogen) atoms. The molecule has 0 bridgehead atoms. The van der Waals surface area contributed by atoms with Gasteiger partial charge in [-0.25, -0.2) is 9.48 Å². The Morgan fingerprint density at radius 3 is 2.70 bits per heavy atom. The third kappa shape index (κ3) is 4.51. The Morgan fingerprint density at radius 2 is 2.00 bits per heavy atom. The second kappa shape index (κ2) is 8.17. The van der Waals surface area contributed by atoms with Crippen LogP contribution in [0.25, 0.3) is 5.69 Å². The van der Waals surface area contributed by atoms with Crippen molar-refractivity contribution in [2.75, 3.05) is 11.9 Å². The van der Waals surface area contributed by atoms with Crippen LogP contribution >= 0.6 is 11.6 Å². The first-order chi connectivity index (χ1) is 13.1. The minimum atomic E-state index is -0.662. The highest BCUT2D eigenvalue weighted by molar-refractivity contribution is 6.32. The third-order valence-corrected chi connectivity index (χ3v) is 3.86. The summed E-state index contributed by atoms with van der Waals surface area (Å²) in [7, 11) is 0. The lowest BCUT2D eigenvalue weighted by Crippen LogP contribution is -2.20. The summed E-state index contributed by atoms with van der Waals surface area (Å²) in [5.41, 5.74) is 1.73. The number of nitrogens with zero attached hydrogens (tertiary/aromatic N) is 3. The highest BCUT2D eigenvalue weighted by Crippen LogP contribution is 2.20. The van der Waals surface area contributed by atoms with E-state index in [0.29, 0.717) is 11.3 Å². The highest BCUT2D eigenvalue weighted by atomic mass is 35.5. The van der Waals surface area contributed by atoms with Gasteiger partial charge in [-0.15, -0.1) is 0 Å². The SMILES string of the molecule is N#Cc1ccc(NC(=O)COC(=O)c2cnn(-c3ccccc3)c2)cc1Cl. The van der Waals surface area contributed by atoms with Gasteiger partial charge in [-0.1, -0.05) is 29.8 Å². The molecular formula is C19H13ClN4O3. The van der Waals surface area contributed by atoms with Crippen LogP contribution in [0.15, 0.2) is 60.9 Å². The summed E-state index contributed by atoms with van der Waals surface area (Å²) in [6.07, 6.45) is 2.89. The van der Waals surface area contributed by atoms with Crippen molar-refractivity contribution in [2.45, 2.75) is 0 Å². The molecule has 7 nitrogen and oxygen atoms in total. The summed E-state index contributed by atoms with van der Waals surface area (Å²) in [6, 6.07) is 15.7. The zero-order valence-electron chi connectivity index (χ0n) is 13.9. The fourth-order valence-electron chi connectivity index (χ4n) is 2.25. The van der Waals surface area contributed by atoms with Crippen LogP contribution in [0.5, 0.6) is 0 Å². The number of amides is 1. The second-order valence-corrected chi connectivity index (χ2v) is 5.85. The molecule has 0 aliphatic heterocycles. The van der Waals surface area contributed by atoms with E-state index in [1.54, 1.807) is 0 Å². The van der Waals surface area contributed by atoms with E-state index in [4.69, 9.17) is 21.6 Å². The molecule has 1 amide bonds. The molecule has 0 spiro atoms. The number of ether oxygens (including phenoxy) is 1. The predicted molar refractivity (Wildman–Crippen MR) is 98.6 cm³/mol. The summed E-state index contributed by atoms with van der Waals surface area (Å²) in [5, 5.41) is 15.7. The molecule has 0 saturated carbocycles. The monoisotopic (exact) mass is 380 g/mol. The van der Waals surface area contributed by atoms with Crippen molar-refractivity contribution in [1.82, 2.24) is 9.78 Å². The molecule has 0 saturated heterocycles. The number of halogens is 1. The first kappa shape index (κ1) is 18.2. The number of benzene rings is 2. The first-order valence-corrected chi connectivity index (χ1v) is 8.21. The van der Waals surface area contributed by atoms with Gasteiger partial charge >= 0.3 is 5.97 Å². The van der Waals surface area contributed by atoms with Crippen molar-refractivity contribution in [3.05, 3.63) is 77.1 Å². The fourth-order valence-corrected chi connectivity index (χ4v) is 2.47. The molecule has 134 valence electrons. The van der Waals surface area contributed by atoms with Crippen molar-refractivity contribution >= 4 is 29.2 Å². The zero-order valence-corrected chi connectivity index (χ0v) is 14.7. The lowest BCUT2D eigenvalue weighted by Gasteiger charge is -2.06. The van der Waals surface area contributed by atoms with Gasteiger partial charge in [0, 0.05) is 11.9 Å². The molecular weight excluding hydrogens is 368 g/mol. The smallest absolute Gasteiger partial charge is 0.341 e. The number of rotatable bonds is 5. The second-order valence-electron chi connectivity index (χ2n) is 5.44. The van der Waals surface area contributed by atoms with Crippen molar-refractivity contribution in [3.63, 3.8) is 0 Å². The summed E-state index contributed by atoms with van der Waals surface area (Å²) < 4.78 is 6.53. The molecule has 0 atom stereocenters. The molecule has 8 heteroatoms. The molecule has 2 aromatic carbocycles. The number of carbonyl (C=O) groups is 2. The number of hydrogen-bond donors (Lipinski definition) is 1. The van der Waals surface area contributed by atoms with Gasteiger partial charge in [0.05, 0.1) is 28.0 Å². The molecule has 1 aromatic heterocycles. The van der Waals surface area contributed by atoms with Crippen LogP contribution in [0.3, 0.4) is 0 Å². The number of carbonyl (C=O) groups excluding carboxylic acids is 2. The standard InChI is InChI=1S/C19H13ClN4O3/c20-17-8-15(7-6-13(17)9-21)23-18(25)12-27-19(26)14-10-22-24(11-14)16-4-2-1-3-5-16/h1-8,10-11H,12H2,(H,23,25). The lowest BCUT2D eigenvalue weighted by molar-refractivity contribution is -0.119. The average molecular weight is 381 g/mol. The number of nitriles is 1. The molecule has 0 aliphatic rings. The van der Waals surface area contributed by atoms with Crippen LogP contribution in [-0.2, 0) is 9.53 Å². The maximum atomic E-state index is 12.1. The van der Waals surface area contributed by atoms with E-state index in [9.17, 15) is 9.59 Å². The van der Waals surface area contributed by atoms with Crippen LogP contribution in [0, 0.1) is 11.3 Å². The number of anilines is 1. The number of para-hydroxylation sites is 1. The summed E-state index contributed by atoms with van der Waals surface area (Å²) in [6.45, 7) is -0.465. The van der Waals surface area contributed by atoms with Gasteiger partial charge in [0.1, 0.15) is 6.07 Å². The Bertz CT molecular complexity index is 1020. The lowest BCUT2D eigenvalue weighted by atomic mass is 10.2. The van der Waals surface area contributed by atoms with Crippen LogP contribution in [0.4, 0.5) is 5.69 Å². The van der Waals surface area contributed by atoms with Gasteiger partial charge < -0.3 is 10.1 Å². The normalized spacial score (nSPS) is 10.1. The van der Waals surface area contributed by atoms with E-state index in [1.807, 2.05) is 36.4 Å². The van der Waals surface area contributed by atoms with E-state index in [2.05, 4.69) is 10.4 Å². The molecule has 1 heterocycles. The molecule has 3 rings (SSSR count). The summed E-state index contributed by atoms with van der Waals surface area (Å²) in [4.78, 5) is 24.0. The highest BCUT2D eigenvalue weighted by Gasteiger charge is 2.13. The molecule has 0 unspecified atom stereocenters. The van der Waals surface area contributed by atoms with Gasteiger partial charge in [0.2, 0.25) is 0 Å². The topological polar surface area (TPSA) is 97.0 Å². The fraction of sp³-hybridized carbons (Fsp3) is 0.0526. The van der Waals surface area contributed by atoms with E-state index in [-0.39, 0.29) is 10.6 Å². The van der Waals surface area contributed by atoms with E-state index >= 15 is 0 Å². The van der Waals surface area contributed by atoms with Crippen LogP contribution in [0.1, 0.15) is 15.9 Å². The summed E-state index contributed by atoms with van der Waals surface area (Å²) >= 11 is 5.90.